The van der Waals surface area contributed by atoms with Gasteiger partial charge in [0.1, 0.15) is 0 Å². The maximum Gasteiger partial charge on any atom is 0.241 e. The normalized spacial score (nSPS) is 16.9. The van der Waals surface area contributed by atoms with Crippen LogP contribution in [0.4, 0.5) is 5.69 Å². The van der Waals surface area contributed by atoms with Crippen LogP contribution in [0.1, 0.15) is 39.5 Å². The third-order valence-corrected chi connectivity index (χ3v) is 5.39. The summed E-state index contributed by atoms with van der Waals surface area (Å²) in [5, 5.41) is 6.80. The molecule has 1 atom stereocenters. The van der Waals surface area contributed by atoms with Crippen LogP contribution in [0.25, 0.3) is 0 Å². The highest BCUT2D eigenvalue weighted by Gasteiger charge is 2.29. The summed E-state index contributed by atoms with van der Waals surface area (Å²) in [5.74, 6) is 0.0762. The van der Waals surface area contributed by atoms with Gasteiger partial charge in [-0.25, -0.2) is 0 Å². The molecule has 0 saturated carbocycles. The van der Waals surface area contributed by atoms with E-state index in [1.165, 1.54) is 0 Å². The van der Waals surface area contributed by atoms with Gasteiger partial charge in [-0.1, -0.05) is 36.5 Å². The molecule has 7 heteroatoms. The van der Waals surface area contributed by atoms with Crippen LogP contribution < -0.4 is 10.6 Å². The van der Waals surface area contributed by atoms with Crippen LogP contribution in [0.2, 0.25) is 10.0 Å². The molecule has 0 aromatic heterocycles. The summed E-state index contributed by atoms with van der Waals surface area (Å²) in [5.41, 5.74) is 0.554. The van der Waals surface area contributed by atoms with Crippen molar-refractivity contribution in [2.24, 2.45) is 5.92 Å². The Balaban J connectivity index is 1.82. The van der Waals surface area contributed by atoms with E-state index < -0.39 is 0 Å². The zero-order chi connectivity index (χ0) is 19.1. The minimum absolute atomic E-state index is 0.0454. The van der Waals surface area contributed by atoms with Gasteiger partial charge in [-0.2, -0.15) is 0 Å². The number of nitrogens with zero attached hydrogens (tertiary/aromatic N) is 1. The molecule has 0 bridgehead atoms. The first-order valence-electron chi connectivity index (χ1n) is 9.20. The highest BCUT2D eigenvalue weighted by Crippen LogP contribution is 2.26. The van der Waals surface area contributed by atoms with Crippen LogP contribution in [0.5, 0.6) is 0 Å². The maximum atomic E-state index is 12.5. The third-order valence-electron chi connectivity index (χ3n) is 4.85. The number of hydrogen-bond acceptors (Lipinski definition) is 3. The number of halogens is 2. The molecule has 1 saturated heterocycles. The molecule has 26 heavy (non-hydrogen) atoms. The lowest BCUT2D eigenvalue weighted by Gasteiger charge is -2.34. The Bertz CT molecular complexity index is 631. The van der Waals surface area contributed by atoms with Crippen LogP contribution in [-0.4, -0.2) is 42.4 Å². The second kappa shape index (κ2) is 10.1. The number of piperidine rings is 1. The lowest BCUT2D eigenvalue weighted by molar-refractivity contribution is -0.127. The van der Waals surface area contributed by atoms with Gasteiger partial charge in [-0.15, -0.1) is 0 Å². The quantitative estimate of drug-likeness (QED) is 0.682. The predicted octanol–water partition coefficient (Wildman–Crippen LogP) is 3.95. The molecule has 1 unspecified atom stereocenters. The van der Waals surface area contributed by atoms with Crippen molar-refractivity contribution < 1.29 is 9.59 Å². The second-order valence-electron chi connectivity index (χ2n) is 6.74. The Morgan fingerprint density at radius 1 is 1.27 bits per heavy atom. The molecule has 0 aliphatic carbocycles. The SMILES string of the molecule is CCCCNC(=O)C1CCN(C(C)C(=O)Nc2ccc(Cl)cc2Cl)CC1. The average Bonchev–Trinajstić information content (AvgIpc) is 2.63. The minimum Gasteiger partial charge on any atom is -0.356 e. The van der Waals surface area contributed by atoms with Crippen LogP contribution in [-0.2, 0) is 9.59 Å². The van der Waals surface area contributed by atoms with E-state index in [-0.39, 0.29) is 23.8 Å². The first kappa shape index (κ1) is 21.0. The topological polar surface area (TPSA) is 61.4 Å². The van der Waals surface area contributed by atoms with Crippen LogP contribution in [0, 0.1) is 5.92 Å². The van der Waals surface area contributed by atoms with E-state index in [0.717, 1.165) is 45.3 Å². The summed E-state index contributed by atoms with van der Waals surface area (Å²) in [6.45, 7) is 6.19. The molecule has 5 nitrogen and oxygen atoms in total. The van der Waals surface area contributed by atoms with E-state index >= 15 is 0 Å². The molecule has 0 spiro atoms. The lowest BCUT2D eigenvalue weighted by Crippen LogP contribution is -2.48. The summed E-state index contributed by atoms with van der Waals surface area (Å²) in [6, 6.07) is 4.70. The molecule has 1 fully saturated rings. The van der Waals surface area contributed by atoms with Crippen molar-refractivity contribution >= 4 is 40.7 Å². The van der Waals surface area contributed by atoms with Crippen molar-refractivity contribution in [1.29, 1.82) is 0 Å². The second-order valence-corrected chi connectivity index (χ2v) is 7.59. The zero-order valence-electron chi connectivity index (χ0n) is 15.4. The molecular weight excluding hydrogens is 373 g/mol. The maximum absolute atomic E-state index is 12.5. The number of carbonyl (C=O) groups is 2. The molecule has 1 heterocycles. The first-order chi connectivity index (χ1) is 12.4. The van der Waals surface area contributed by atoms with Gasteiger partial charge < -0.3 is 10.6 Å². The molecule has 0 radical (unpaired) electrons. The van der Waals surface area contributed by atoms with Gasteiger partial charge in [0.2, 0.25) is 11.8 Å². The van der Waals surface area contributed by atoms with Gasteiger partial charge in [-0.3, -0.25) is 14.5 Å². The van der Waals surface area contributed by atoms with Crippen LogP contribution in [0.15, 0.2) is 18.2 Å². The number of nitrogens with one attached hydrogen (secondary N) is 2. The Morgan fingerprint density at radius 3 is 2.58 bits per heavy atom. The zero-order valence-corrected chi connectivity index (χ0v) is 16.9. The fourth-order valence-corrected chi connectivity index (χ4v) is 3.53. The van der Waals surface area contributed by atoms with E-state index in [9.17, 15) is 9.59 Å². The van der Waals surface area contributed by atoms with Crippen molar-refractivity contribution in [3.05, 3.63) is 28.2 Å². The van der Waals surface area contributed by atoms with Crippen molar-refractivity contribution in [3.8, 4) is 0 Å². The van der Waals surface area contributed by atoms with E-state index in [0.29, 0.717) is 15.7 Å². The van der Waals surface area contributed by atoms with Crippen molar-refractivity contribution in [2.45, 2.75) is 45.6 Å². The molecule has 1 aromatic carbocycles. The molecule has 2 N–H and O–H groups in total. The Labute approximate surface area is 165 Å². The first-order valence-corrected chi connectivity index (χ1v) is 9.95. The van der Waals surface area contributed by atoms with Gasteiger partial charge in [0.15, 0.2) is 0 Å². The van der Waals surface area contributed by atoms with E-state index in [4.69, 9.17) is 23.2 Å². The predicted molar refractivity (Wildman–Crippen MR) is 107 cm³/mol. The Kier molecular flexibility index (Phi) is 8.19. The molecule has 144 valence electrons. The number of unbranched alkanes of at least 4 members (excludes halogenated alkanes) is 1. The highest BCUT2D eigenvalue weighted by molar-refractivity contribution is 6.36. The summed E-state index contributed by atoms with van der Waals surface area (Å²) >= 11 is 12.0. The molecular formula is C19H27Cl2N3O2. The van der Waals surface area contributed by atoms with E-state index in [1.807, 2.05) is 6.92 Å². The number of hydrogen-bond donors (Lipinski definition) is 2. The molecule has 2 amide bonds. The number of amides is 2. The molecule has 2 rings (SSSR count). The highest BCUT2D eigenvalue weighted by atomic mass is 35.5. The van der Waals surface area contributed by atoms with E-state index in [1.54, 1.807) is 18.2 Å². The van der Waals surface area contributed by atoms with Gasteiger partial charge in [0, 0.05) is 17.5 Å². The number of rotatable bonds is 7. The van der Waals surface area contributed by atoms with Gasteiger partial charge >= 0.3 is 0 Å². The van der Waals surface area contributed by atoms with Crippen LogP contribution in [0.3, 0.4) is 0 Å². The minimum atomic E-state index is -0.286. The monoisotopic (exact) mass is 399 g/mol. The molecule has 1 aliphatic rings. The van der Waals surface area contributed by atoms with Crippen molar-refractivity contribution in [3.63, 3.8) is 0 Å². The average molecular weight is 400 g/mol. The Hall–Kier alpha value is -1.30. The summed E-state index contributed by atoms with van der Waals surface area (Å²) < 4.78 is 0. The number of carbonyl (C=O) groups excluding carboxylic acids is 2. The molecule has 1 aromatic rings. The van der Waals surface area contributed by atoms with Gasteiger partial charge in [0.05, 0.1) is 16.8 Å². The van der Waals surface area contributed by atoms with E-state index in [2.05, 4.69) is 22.5 Å². The van der Waals surface area contributed by atoms with Gasteiger partial charge in [-0.05, 0) is 57.5 Å². The standard InChI is InChI=1S/C19H27Cl2N3O2/c1-3-4-9-22-19(26)14-7-10-24(11-8-14)13(2)18(25)23-17-6-5-15(20)12-16(17)21/h5-6,12-14H,3-4,7-11H2,1-2H3,(H,22,26)(H,23,25). The summed E-state index contributed by atoms with van der Waals surface area (Å²) in [6.07, 6.45) is 3.63. The fourth-order valence-electron chi connectivity index (χ4n) is 3.08. The number of benzene rings is 1. The largest absolute Gasteiger partial charge is 0.356 e. The smallest absolute Gasteiger partial charge is 0.241 e. The summed E-state index contributed by atoms with van der Waals surface area (Å²) in [7, 11) is 0. The van der Waals surface area contributed by atoms with Gasteiger partial charge in [0.25, 0.3) is 0 Å². The Morgan fingerprint density at radius 2 is 1.96 bits per heavy atom. The molecule has 1 aliphatic heterocycles. The fraction of sp³-hybridized carbons (Fsp3) is 0.579. The lowest BCUT2D eigenvalue weighted by atomic mass is 9.95. The van der Waals surface area contributed by atoms with Crippen molar-refractivity contribution in [2.75, 3.05) is 25.0 Å². The third kappa shape index (κ3) is 5.86. The van der Waals surface area contributed by atoms with Crippen LogP contribution >= 0.6 is 23.2 Å². The number of likely N-dealkylation sites (tertiary alicyclic amines) is 1. The summed E-state index contributed by atoms with van der Waals surface area (Å²) in [4.78, 5) is 26.8. The number of anilines is 1. The van der Waals surface area contributed by atoms with Crippen molar-refractivity contribution in [1.82, 2.24) is 10.2 Å².